The Hall–Kier alpha value is -0.820. The summed E-state index contributed by atoms with van der Waals surface area (Å²) >= 11 is 0. The van der Waals surface area contributed by atoms with Crippen molar-refractivity contribution < 1.29 is 0 Å². The van der Waals surface area contributed by atoms with Gasteiger partial charge in [0.15, 0.2) is 0 Å². The second-order valence-electron chi connectivity index (χ2n) is 4.98. The fraction of sp³-hybridized carbons (Fsp3) is 0.571. The average molecular weight is 203 g/mol. The predicted octanol–water partition coefficient (Wildman–Crippen LogP) is 3.28. The largest absolute Gasteiger partial charge is 0.317 e. The van der Waals surface area contributed by atoms with Gasteiger partial charge in [-0.15, -0.1) is 0 Å². The van der Waals surface area contributed by atoms with Crippen LogP contribution in [0.15, 0.2) is 24.3 Å². The first-order valence-electron chi connectivity index (χ1n) is 5.98. The van der Waals surface area contributed by atoms with Crippen molar-refractivity contribution in [2.24, 2.45) is 0 Å². The maximum atomic E-state index is 3.33. The summed E-state index contributed by atoms with van der Waals surface area (Å²) in [4.78, 5) is 0. The van der Waals surface area contributed by atoms with Crippen LogP contribution in [0.4, 0.5) is 0 Å². The van der Waals surface area contributed by atoms with Gasteiger partial charge >= 0.3 is 0 Å². The zero-order chi connectivity index (χ0) is 10.8. The molecule has 1 nitrogen and oxygen atoms in total. The summed E-state index contributed by atoms with van der Waals surface area (Å²) < 4.78 is 0. The predicted molar refractivity (Wildman–Crippen MR) is 65.4 cm³/mol. The summed E-state index contributed by atoms with van der Waals surface area (Å²) in [5.41, 5.74) is 2.97. The number of hydrogen-bond acceptors (Lipinski definition) is 1. The third kappa shape index (κ3) is 2.23. The fourth-order valence-electron chi connectivity index (χ4n) is 2.28. The zero-order valence-electron chi connectivity index (χ0n) is 9.96. The molecule has 0 spiro atoms. The minimum atomic E-state index is 0.644. The molecule has 1 aromatic carbocycles. The van der Waals surface area contributed by atoms with Gasteiger partial charge in [0, 0.05) is 6.04 Å². The molecule has 2 rings (SSSR count). The van der Waals surface area contributed by atoms with Gasteiger partial charge in [0.2, 0.25) is 0 Å². The van der Waals surface area contributed by atoms with Crippen LogP contribution in [0.3, 0.4) is 0 Å². The quantitative estimate of drug-likeness (QED) is 0.795. The Kier molecular flexibility index (Phi) is 3.11. The standard InChI is InChI=1S/C14H21N/c1-10(2)11-4-6-12(7-5-11)13-8-14(9-13)15-3/h4-7,10,13-15H,8-9H2,1-3H3. The molecule has 82 valence electrons. The molecule has 1 fully saturated rings. The molecule has 1 aromatic rings. The summed E-state index contributed by atoms with van der Waals surface area (Å²) in [7, 11) is 2.06. The van der Waals surface area contributed by atoms with Crippen LogP contribution in [0.5, 0.6) is 0 Å². The van der Waals surface area contributed by atoms with E-state index in [1.54, 1.807) is 0 Å². The van der Waals surface area contributed by atoms with E-state index in [2.05, 4.69) is 50.5 Å². The fourth-order valence-corrected chi connectivity index (χ4v) is 2.28. The number of nitrogens with one attached hydrogen (secondary N) is 1. The molecule has 15 heavy (non-hydrogen) atoms. The van der Waals surface area contributed by atoms with Crippen molar-refractivity contribution in [3.8, 4) is 0 Å². The third-order valence-corrected chi connectivity index (χ3v) is 3.62. The van der Waals surface area contributed by atoms with Gasteiger partial charge in [0.05, 0.1) is 0 Å². The van der Waals surface area contributed by atoms with Crippen LogP contribution in [0.25, 0.3) is 0 Å². The van der Waals surface area contributed by atoms with Crippen molar-refractivity contribution in [3.63, 3.8) is 0 Å². The van der Waals surface area contributed by atoms with Gasteiger partial charge in [-0.3, -0.25) is 0 Å². The monoisotopic (exact) mass is 203 g/mol. The van der Waals surface area contributed by atoms with E-state index in [-0.39, 0.29) is 0 Å². The van der Waals surface area contributed by atoms with Gasteiger partial charge in [-0.05, 0) is 42.9 Å². The SMILES string of the molecule is CNC1CC(c2ccc(C(C)C)cc2)C1. The Balaban J connectivity index is 1.99. The van der Waals surface area contributed by atoms with E-state index in [0.717, 1.165) is 12.0 Å². The molecule has 0 heterocycles. The molecular weight excluding hydrogens is 182 g/mol. The highest BCUT2D eigenvalue weighted by Gasteiger charge is 2.28. The summed E-state index contributed by atoms with van der Waals surface area (Å²) in [6, 6.07) is 9.94. The number of benzene rings is 1. The minimum absolute atomic E-state index is 0.644. The molecule has 1 heteroatoms. The third-order valence-electron chi connectivity index (χ3n) is 3.62. The molecule has 0 radical (unpaired) electrons. The summed E-state index contributed by atoms with van der Waals surface area (Å²) in [6.07, 6.45) is 2.61. The molecule has 0 atom stereocenters. The molecule has 0 bridgehead atoms. The van der Waals surface area contributed by atoms with Crippen molar-refractivity contribution in [2.45, 2.75) is 44.6 Å². The van der Waals surface area contributed by atoms with Crippen LogP contribution < -0.4 is 5.32 Å². The van der Waals surface area contributed by atoms with Crippen molar-refractivity contribution in [3.05, 3.63) is 35.4 Å². The van der Waals surface area contributed by atoms with Crippen molar-refractivity contribution >= 4 is 0 Å². The Morgan fingerprint density at radius 3 is 2.20 bits per heavy atom. The lowest BCUT2D eigenvalue weighted by atomic mass is 9.75. The molecule has 1 aliphatic rings. The first kappa shape index (κ1) is 10.7. The lowest BCUT2D eigenvalue weighted by Crippen LogP contribution is -2.37. The van der Waals surface area contributed by atoms with E-state index in [0.29, 0.717) is 5.92 Å². The number of rotatable bonds is 3. The van der Waals surface area contributed by atoms with E-state index in [1.165, 1.54) is 24.0 Å². The summed E-state index contributed by atoms with van der Waals surface area (Å²) in [5.74, 6) is 1.44. The molecule has 0 saturated heterocycles. The van der Waals surface area contributed by atoms with Gasteiger partial charge in [0.1, 0.15) is 0 Å². The van der Waals surface area contributed by atoms with Crippen molar-refractivity contribution in [1.29, 1.82) is 0 Å². The lowest BCUT2D eigenvalue weighted by Gasteiger charge is -2.35. The second-order valence-corrected chi connectivity index (χ2v) is 4.98. The number of hydrogen-bond donors (Lipinski definition) is 1. The molecule has 1 N–H and O–H groups in total. The maximum Gasteiger partial charge on any atom is 0.00757 e. The Morgan fingerprint density at radius 1 is 1.13 bits per heavy atom. The van der Waals surface area contributed by atoms with Gasteiger partial charge in [-0.25, -0.2) is 0 Å². The summed E-state index contributed by atoms with van der Waals surface area (Å²) in [5, 5.41) is 3.33. The topological polar surface area (TPSA) is 12.0 Å². The van der Waals surface area contributed by atoms with E-state index in [1.807, 2.05) is 0 Å². The van der Waals surface area contributed by atoms with E-state index in [9.17, 15) is 0 Å². The highest BCUT2D eigenvalue weighted by Crippen LogP contribution is 2.36. The average Bonchev–Trinajstić information content (AvgIpc) is 2.17. The second kappa shape index (κ2) is 4.36. The molecule has 1 aliphatic carbocycles. The molecule has 1 saturated carbocycles. The maximum absolute atomic E-state index is 3.33. The van der Waals surface area contributed by atoms with Crippen molar-refractivity contribution in [2.75, 3.05) is 7.05 Å². The first-order valence-corrected chi connectivity index (χ1v) is 5.98. The molecule has 0 unspecified atom stereocenters. The van der Waals surface area contributed by atoms with Gasteiger partial charge in [0.25, 0.3) is 0 Å². The smallest absolute Gasteiger partial charge is 0.00757 e. The van der Waals surface area contributed by atoms with Gasteiger partial charge in [-0.2, -0.15) is 0 Å². The minimum Gasteiger partial charge on any atom is -0.317 e. The lowest BCUT2D eigenvalue weighted by molar-refractivity contribution is 0.307. The van der Waals surface area contributed by atoms with E-state index >= 15 is 0 Å². The van der Waals surface area contributed by atoms with Crippen LogP contribution in [-0.4, -0.2) is 13.1 Å². The molecule has 0 amide bonds. The zero-order valence-corrected chi connectivity index (χ0v) is 9.96. The molecule has 0 aromatic heterocycles. The summed E-state index contributed by atoms with van der Waals surface area (Å²) in [6.45, 7) is 4.49. The molecule has 0 aliphatic heterocycles. The Labute approximate surface area is 92.9 Å². The van der Waals surface area contributed by atoms with Crippen LogP contribution >= 0.6 is 0 Å². The highest BCUT2D eigenvalue weighted by atomic mass is 14.9. The highest BCUT2D eigenvalue weighted by molar-refractivity contribution is 5.28. The van der Waals surface area contributed by atoms with Crippen molar-refractivity contribution in [1.82, 2.24) is 5.32 Å². The van der Waals surface area contributed by atoms with Crippen LogP contribution in [0.1, 0.15) is 49.7 Å². The van der Waals surface area contributed by atoms with E-state index in [4.69, 9.17) is 0 Å². The molecular formula is C14H21N. The van der Waals surface area contributed by atoms with Gasteiger partial charge in [-0.1, -0.05) is 38.1 Å². The van der Waals surface area contributed by atoms with Gasteiger partial charge < -0.3 is 5.32 Å². The normalized spacial score (nSPS) is 25.3. The van der Waals surface area contributed by atoms with Crippen LogP contribution in [0, 0.1) is 0 Å². The van der Waals surface area contributed by atoms with Crippen LogP contribution in [0.2, 0.25) is 0 Å². The Bertz CT molecular complexity index is 307. The van der Waals surface area contributed by atoms with Crippen LogP contribution in [-0.2, 0) is 0 Å². The Morgan fingerprint density at radius 2 is 1.73 bits per heavy atom. The van der Waals surface area contributed by atoms with E-state index < -0.39 is 0 Å². The first-order chi connectivity index (χ1) is 7.20.